The van der Waals surface area contributed by atoms with Gasteiger partial charge in [-0.25, -0.2) is 0 Å². The lowest BCUT2D eigenvalue weighted by Gasteiger charge is -2.57. The highest BCUT2D eigenvalue weighted by Crippen LogP contribution is 2.67. The van der Waals surface area contributed by atoms with Crippen LogP contribution in [-0.2, 0) is 4.79 Å². The monoisotopic (exact) mass is 375 g/mol. The van der Waals surface area contributed by atoms with E-state index in [-0.39, 0.29) is 23.5 Å². The van der Waals surface area contributed by atoms with Gasteiger partial charge in [0.2, 0.25) is 5.78 Å². The summed E-state index contributed by atoms with van der Waals surface area (Å²) in [5, 5.41) is 20.9. The summed E-state index contributed by atoms with van der Waals surface area (Å²) in [6.45, 7) is 4.98. The molecule has 5 heteroatoms. The van der Waals surface area contributed by atoms with Gasteiger partial charge in [0.05, 0.1) is 4.92 Å². The van der Waals surface area contributed by atoms with Gasteiger partial charge in [-0.3, -0.25) is 14.9 Å². The second-order valence-corrected chi connectivity index (χ2v) is 10.0. The van der Waals surface area contributed by atoms with Gasteiger partial charge < -0.3 is 5.11 Å². The first kappa shape index (κ1) is 19.1. The van der Waals surface area contributed by atoms with Crippen LogP contribution in [0.15, 0.2) is 11.3 Å². The van der Waals surface area contributed by atoms with E-state index in [1.807, 2.05) is 0 Å². The fourth-order valence-electron chi connectivity index (χ4n) is 7.82. The number of carbonyl (C=O) groups excluding carboxylic acids is 1. The summed E-state index contributed by atoms with van der Waals surface area (Å²) in [4.78, 5) is 23.5. The number of Topliss-reactive ketones (excluding diaryl/α,β-unsaturated/α-hetero) is 1. The fourth-order valence-corrected chi connectivity index (χ4v) is 7.82. The van der Waals surface area contributed by atoms with Gasteiger partial charge in [0.15, 0.2) is 0 Å². The van der Waals surface area contributed by atoms with Crippen molar-refractivity contribution in [3.8, 4) is 0 Å². The molecular formula is C22H33NO4. The molecule has 4 rings (SSSR count). The maximum absolute atomic E-state index is 12.2. The molecule has 5 nitrogen and oxygen atoms in total. The molecule has 0 radical (unpaired) electrons. The van der Waals surface area contributed by atoms with Crippen LogP contribution in [0.4, 0.5) is 0 Å². The van der Waals surface area contributed by atoms with Gasteiger partial charge in [0.1, 0.15) is 0 Å². The van der Waals surface area contributed by atoms with E-state index < -0.39 is 4.92 Å². The van der Waals surface area contributed by atoms with E-state index in [1.165, 1.54) is 19.3 Å². The topological polar surface area (TPSA) is 80.4 Å². The normalized spacial score (nSPS) is 43.9. The Balaban J connectivity index is 1.65. The van der Waals surface area contributed by atoms with Crippen molar-refractivity contribution in [2.24, 2.45) is 34.5 Å². The Hall–Kier alpha value is -1.23. The summed E-state index contributed by atoms with van der Waals surface area (Å²) >= 11 is 0. The minimum absolute atomic E-state index is 0.0669. The smallest absolute Gasteiger partial charge is 0.311 e. The highest BCUT2D eigenvalue weighted by molar-refractivity contribution is 5.95. The lowest BCUT2D eigenvalue weighted by Crippen LogP contribution is -2.51. The van der Waals surface area contributed by atoms with Crippen LogP contribution in [0.25, 0.3) is 0 Å². The predicted molar refractivity (Wildman–Crippen MR) is 102 cm³/mol. The molecule has 0 aromatic rings. The van der Waals surface area contributed by atoms with Gasteiger partial charge in [-0.15, -0.1) is 0 Å². The molecule has 0 aromatic carbocycles. The Morgan fingerprint density at radius 1 is 1.11 bits per heavy atom. The Morgan fingerprint density at radius 2 is 1.89 bits per heavy atom. The van der Waals surface area contributed by atoms with E-state index in [0.717, 1.165) is 44.1 Å². The minimum Gasteiger partial charge on any atom is -0.396 e. The molecule has 0 bridgehead atoms. The number of nitrogens with zero attached hydrogens (tertiary/aromatic N) is 1. The molecule has 0 unspecified atom stereocenters. The highest BCUT2D eigenvalue weighted by atomic mass is 16.6. The Labute approximate surface area is 161 Å². The van der Waals surface area contributed by atoms with Crippen molar-refractivity contribution in [1.82, 2.24) is 0 Å². The zero-order chi connectivity index (χ0) is 19.4. The van der Waals surface area contributed by atoms with Gasteiger partial charge in [0, 0.05) is 18.6 Å². The van der Waals surface area contributed by atoms with Crippen molar-refractivity contribution in [1.29, 1.82) is 0 Å². The van der Waals surface area contributed by atoms with Crippen LogP contribution in [0.3, 0.4) is 0 Å². The summed E-state index contributed by atoms with van der Waals surface area (Å²) in [7, 11) is 0. The van der Waals surface area contributed by atoms with E-state index >= 15 is 0 Å². The molecule has 4 aliphatic carbocycles. The molecule has 27 heavy (non-hydrogen) atoms. The van der Waals surface area contributed by atoms with Gasteiger partial charge in [-0.05, 0) is 92.3 Å². The zero-order valence-corrected chi connectivity index (χ0v) is 16.7. The van der Waals surface area contributed by atoms with Crippen LogP contribution in [0.2, 0.25) is 0 Å². The van der Waals surface area contributed by atoms with Gasteiger partial charge >= 0.3 is 5.70 Å². The molecule has 0 amide bonds. The molecule has 0 spiro atoms. The number of fused-ring (bicyclic) bond motifs is 5. The maximum Gasteiger partial charge on any atom is 0.311 e. The molecule has 3 saturated carbocycles. The largest absolute Gasteiger partial charge is 0.396 e. The first-order chi connectivity index (χ1) is 12.8. The number of hydrogen-bond acceptors (Lipinski definition) is 4. The third kappa shape index (κ3) is 2.72. The predicted octanol–water partition coefficient (Wildman–Crippen LogP) is 4.51. The Kier molecular flexibility index (Phi) is 4.73. The maximum atomic E-state index is 12.2. The summed E-state index contributed by atoms with van der Waals surface area (Å²) in [6, 6.07) is 0. The van der Waals surface area contributed by atoms with Crippen LogP contribution in [0, 0.1) is 44.6 Å². The molecule has 0 saturated heterocycles. The van der Waals surface area contributed by atoms with Gasteiger partial charge in [-0.1, -0.05) is 13.8 Å². The van der Waals surface area contributed by atoms with Crippen molar-refractivity contribution in [3.05, 3.63) is 21.4 Å². The summed E-state index contributed by atoms with van der Waals surface area (Å²) in [5.74, 6) is 2.28. The molecular weight excluding hydrogens is 342 g/mol. The molecule has 3 fully saturated rings. The van der Waals surface area contributed by atoms with Crippen molar-refractivity contribution >= 4 is 5.78 Å². The van der Waals surface area contributed by atoms with E-state index in [4.69, 9.17) is 0 Å². The SMILES string of the molecule is C[C@]12CC[C@H]3[C@@H](CCC4=C([N+](=O)[O-])C(=O)CC[C@@]43C)[C@@H]1CC[C@@H]2CCCO. The number of allylic oxidation sites excluding steroid dienone is 1. The second kappa shape index (κ2) is 6.68. The molecule has 0 aromatic heterocycles. The third-order valence-electron chi connectivity index (χ3n) is 9.18. The number of rotatable bonds is 4. The Morgan fingerprint density at radius 3 is 2.59 bits per heavy atom. The standard InChI is InChI=1S/C22H33NO4/c1-21-11-9-17-15(16(21)7-5-14(21)4-3-13-24)6-8-18-20(23(26)27)19(25)10-12-22(17,18)2/h14-17,24H,3-13H2,1-2H3/t14-,15-,16-,17-,21+,22+/m0/s1. The van der Waals surface area contributed by atoms with Crippen LogP contribution in [0.5, 0.6) is 0 Å². The summed E-state index contributed by atoms with van der Waals surface area (Å²) in [6.07, 6.45) is 9.75. The molecule has 0 heterocycles. The van der Waals surface area contributed by atoms with Crippen LogP contribution in [0.1, 0.15) is 78.1 Å². The second-order valence-electron chi connectivity index (χ2n) is 10.0. The van der Waals surface area contributed by atoms with Crippen molar-refractivity contribution < 1.29 is 14.8 Å². The number of hydrogen-bond donors (Lipinski definition) is 1. The minimum atomic E-state index is -0.400. The van der Waals surface area contributed by atoms with Crippen molar-refractivity contribution in [3.63, 3.8) is 0 Å². The van der Waals surface area contributed by atoms with Crippen LogP contribution in [-0.4, -0.2) is 22.4 Å². The summed E-state index contributed by atoms with van der Waals surface area (Å²) in [5.41, 5.74) is 1.000. The first-order valence-electron chi connectivity index (χ1n) is 10.8. The lowest BCUT2D eigenvalue weighted by molar-refractivity contribution is -0.422. The number of carbonyl (C=O) groups is 1. The van der Waals surface area contributed by atoms with Crippen molar-refractivity contribution in [2.75, 3.05) is 6.61 Å². The first-order valence-corrected chi connectivity index (χ1v) is 10.8. The highest BCUT2D eigenvalue weighted by Gasteiger charge is 2.60. The Bertz CT molecular complexity index is 686. The third-order valence-corrected chi connectivity index (χ3v) is 9.18. The average Bonchev–Trinajstić information content (AvgIpc) is 2.96. The number of ketones is 1. The molecule has 1 N–H and O–H groups in total. The molecule has 0 aliphatic heterocycles. The molecule has 4 aliphatic rings. The van der Waals surface area contributed by atoms with Crippen molar-refractivity contribution in [2.45, 2.75) is 78.1 Å². The quantitative estimate of drug-likeness (QED) is 0.579. The van der Waals surface area contributed by atoms with Crippen LogP contribution < -0.4 is 0 Å². The number of aliphatic hydroxyl groups excluding tert-OH is 1. The summed E-state index contributed by atoms with van der Waals surface area (Å²) < 4.78 is 0. The molecule has 150 valence electrons. The van der Waals surface area contributed by atoms with Gasteiger partial charge in [0.25, 0.3) is 0 Å². The number of aliphatic hydroxyl groups is 1. The number of nitro groups is 1. The molecule has 6 atom stereocenters. The van der Waals surface area contributed by atoms with E-state index in [2.05, 4.69) is 13.8 Å². The fraction of sp³-hybridized carbons (Fsp3) is 0.864. The van der Waals surface area contributed by atoms with Gasteiger partial charge in [-0.2, -0.15) is 0 Å². The average molecular weight is 376 g/mol. The van der Waals surface area contributed by atoms with E-state index in [0.29, 0.717) is 35.5 Å². The lowest BCUT2D eigenvalue weighted by atomic mass is 9.46. The van der Waals surface area contributed by atoms with E-state index in [1.54, 1.807) is 0 Å². The zero-order valence-electron chi connectivity index (χ0n) is 16.7. The van der Waals surface area contributed by atoms with E-state index in [9.17, 15) is 20.0 Å². The van der Waals surface area contributed by atoms with Crippen LogP contribution >= 0.6 is 0 Å².